The minimum absolute atomic E-state index is 0.125. The highest BCUT2D eigenvalue weighted by Crippen LogP contribution is 2.22. The van der Waals surface area contributed by atoms with Crippen molar-refractivity contribution in [3.63, 3.8) is 0 Å². The summed E-state index contributed by atoms with van der Waals surface area (Å²) in [5.41, 5.74) is 1.88. The van der Waals surface area contributed by atoms with Crippen molar-refractivity contribution < 1.29 is 9.50 Å². The maximum atomic E-state index is 13.9. The lowest BCUT2D eigenvalue weighted by molar-refractivity contribution is 0.0322. The van der Waals surface area contributed by atoms with Gasteiger partial charge in [0.2, 0.25) is 0 Å². The third-order valence-corrected chi connectivity index (χ3v) is 4.87. The van der Waals surface area contributed by atoms with Crippen LogP contribution in [0, 0.1) is 5.82 Å². The van der Waals surface area contributed by atoms with Crippen molar-refractivity contribution in [1.82, 2.24) is 9.80 Å². The summed E-state index contributed by atoms with van der Waals surface area (Å²) in [4.78, 5) is 4.78. The third kappa shape index (κ3) is 3.94. The molecule has 3 nitrogen and oxygen atoms in total. The predicted octanol–water partition coefficient (Wildman–Crippen LogP) is 3.63. The van der Waals surface area contributed by atoms with Crippen molar-refractivity contribution in [2.75, 3.05) is 13.1 Å². The highest BCUT2D eigenvalue weighted by molar-refractivity contribution is 5.27. The van der Waals surface area contributed by atoms with E-state index in [4.69, 9.17) is 0 Å². The number of nitrogens with zero attached hydrogens (tertiary/aromatic N) is 2. The number of hydrogen-bond donors (Lipinski definition) is 1. The number of aromatic hydroxyl groups is 1. The quantitative estimate of drug-likeness (QED) is 0.928. The first-order valence-corrected chi connectivity index (χ1v) is 8.52. The molecule has 0 spiro atoms. The van der Waals surface area contributed by atoms with E-state index in [1.165, 1.54) is 6.07 Å². The number of halogens is 1. The van der Waals surface area contributed by atoms with Gasteiger partial charge in [0.15, 0.2) is 0 Å². The van der Waals surface area contributed by atoms with Crippen molar-refractivity contribution in [2.24, 2.45) is 0 Å². The summed E-state index contributed by atoms with van der Waals surface area (Å²) in [6.45, 7) is 7.73. The van der Waals surface area contributed by atoms with Gasteiger partial charge in [-0.15, -0.1) is 0 Å². The van der Waals surface area contributed by atoms with Gasteiger partial charge in [0.25, 0.3) is 0 Å². The Balaban J connectivity index is 1.65. The van der Waals surface area contributed by atoms with Crippen LogP contribution in [-0.4, -0.2) is 40.1 Å². The number of benzene rings is 2. The minimum Gasteiger partial charge on any atom is -0.508 e. The fraction of sp³-hybridized carbons (Fsp3) is 0.400. The Hall–Kier alpha value is -1.91. The number of piperazine rings is 1. The molecule has 1 N–H and O–H groups in total. The molecule has 1 fully saturated rings. The second-order valence-electron chi connectivity index (χ2n) is 6.82. The molecule has 0 bridgehead atoms. The first kappa shape index (κ1) is 16.9. The highest BCUT2D eigenvalue weighted by Gasteiger charge is 2.29. The summed E-state index contributed by atoms with van der Waals surface area (Å²) < 4.78 is 13.9. The van der Waals surface area contributed by atoms with Crippen molar-refractivity contribution in [2.45, 2.75) is 39.0 Å². The molecule has 0 aliphatic carbocycles. The Morgan fingerprint density at radius 1 is 0.958 bits per heavy atom. The van der Waals surface area contributed by atoms with Crippen LogP contribution in [0.2, 0.25) is 0 Å². The average Bonchev–Trinajstić information content (AvgIpc) is 2.54. The largest absolute Gasteiger partial charge is 0.508 e. The number of hydrogen-bond acceptors (Lipinski definition) is 3. The second kappa shape index (κ2) is 7.32. The van der Waals surface area contributed by atoms with Gasteiger partial charge >= 0.3 is 0 Å². The van der Waals surface area contributed by atoms with Crippen LogP contribution < -0.4 is 0 Å². The first-order chi connectivity index (χ1) is 11.5. The van der Waals surface area contributed by atoms with Crippen LogP contribution in [0.5, 0.6) is 5.75 Å². The summed E-state index contributed by atoms with van der Waals surface area (Å²) >= 11 is 0. The van der Waals surface area contributed by atoms with E-state index >= 15 is 0 Å². The molecule has 1 saturated heterocycles. The van der Waals surface area contributed by atoms with Crippen LogP contribution in [0.4, 0.5) is 4.39 Å². The Kier molecular flexibility index (Phi) is 5.17. The Labute approximate surface area is 143 Å². The lowest BCUT2D eigenvalue weighted by Gasteiger charge is -2.44. The number of rotatable bonds is 4. The Bertz CT molecular complexity index is 691. The van der Waals surface area contributed by atoms with Gasteiger partial charge in [0.1, 0.15) is 11.6 Å². The average molecular weight is 328 g/mol. The van der Waals surface area contributed by atoms with E-state index in [0.717, 1.165) is 30.8 Å². The molecule has 2 aromatic carbocycles. The molecule has 0 aromatic heterocycles. The van der Waals surface area contributed by atoms with Crippen molar-refractivity contribution in [1.29, 1.82) is 0 Å². The zero-order valence-electron chi connectivity index (χ0n) is 14.3. The monoisotopic (exact) mass is 328 g/mol. The summed E-state index contributed by atoms with van der Waals surface area (Å²) in [5, 5.41) is 9.63. The highest BCUT2D eigenvalue weighted by atomic mass is 19.1. The van der Waals surface area contributed by atoms with E-state index < -0.39 is 0 Å². The smallest absolute Gasteiger partial charge is 0.127 e. The molecule has 0 saturated carbocycles. The fourth-order valence-electron chi connectivity index (χ4n) is 3.45. The van der Waals surface area contributed by atoms with E-state index in [9.17, 15) is 9.50 Å². The summed E-state index contributed by atoms with van der Waals surface area (Å²) in [6, 6.07) is 15.2. The number of phenols is 1. The van der Waals surface area contributed by atoms with Gasteiger partial charge in [-0.25, -0.2) is 4.39 Å². The molecule has 128 valence electrons. The van der Waals surface area contributed by atoms with Gasteiger partial charge in [0, 0.05) is 43.8 Å². The molecule has 0 unspecified atom stereocenters. The second-order valence-corrected chi connectivity index (χ2v) is 6.82. The topological polar surface area (TPSA) is 26.7 Å². The van der Waals surface area contributed by atoms with Gasteiger partial charge in [-0.05, 0) is 37.6 Å². The van der Waals surface area contributed by atoms with Gasteiger partial charge in [-0.2, -0.15) is 0 Å². The standard InChI is InChI=1S/C20H25FN2O/c1-15-12-23(14-18-7-3-4-9-20(18)21)16(2)11-22(15)13-17-6-5-8-19(24)10-17/h3-10,15-16,24H,11-14H2,1-2H3/t15-,16+/m0/s1. The molecule has 0 amide bonds. The maximum absolute atomic E-state index is 13.9. The Morgan fingerprint density at radius 3 is 2.29 bits per heavy atom. The normalized spacial score (nSPS) is 22.6. The number of phenolic OH excluding ortho intramolecular Hbond substituents is 1. The first-order valence-electron chi connectivity index (χ1n) is 8.52. The maximum Gasteiger partial charge on any atom is 0.127 e. The van der Waals surface area contributed by atoms with Gasteiger partial charge in [-0.1, -0.05) is 30.3 Å². The van der Waals surface area contributed by atoms with E-state index in [-0.39, 0.29) is 5.82 Å². The van der Waals surface area contributed by atoms with Crippen molar-refractivity contribution in [3.8, 4) is 5.75 Å². The molecule has 24 heavy (non-hydrogen) atoms. The lowest BCUT2D eigenvalue weighted by Crippen LogP contribution is -2.55. The van der Waals surface area contributed by atoms with Crippen LogP contribution in [0.1, 0.15) is 25.0 Å². The molecule has 1 aliphatic rings. The van der Waals surface area contributed by atoms with E-state index in [1.807, 2.05) is 30.3 Å². The van der Waals surface area contributed by atoms with Crippen LogP contribution in [0.25, 0.3) is 0 Å². The lowest BCUT2D eigenvalue weighted by atomic mass is 10.0. The van der Waals surface area contributed by atoms with Gasteiger partial charge in [0.05, 0.1) is 0 Å². The molecular formula is C20H25FN2O. The third-order valence-electron chi connectivity index (χ3n) is 4.87. The molecule has 0 radical (unpaired) electrons. The summed E-state index contributed by atoms with van der Waals surface area (Å²) in [7, 11) is 0. The van der Waals surface area contributed by atoms with Crippen molar-refractivity contribution in [3.05, 3.63) is 65.5 Å². The fourth-order valence-corrected chi connectivity index (χ4v) is 3.45. The Morgan fingerprint density at radius 2 is 1.62 bits per heavy atom. The molecule has 2 aromatic rings. The zero-order chi connectivity index (χ0) is 17.1. The van der Waals surface area contributed by atoms with E-state index in [0.29, 0.717) is 24.4 Å². The molecule has 1 heterocycles. The predicted molar refractivity (Wildman–Crippen MR) is 94.3 cm³/mol. The van der Waals surface area contributed by atoms with E-state index in [1.54, 1.807) is 12.1 Å². The summed E-state index contributed by atoms with van der Waals surface area (Å²) in [5.74, 6) is 0.186. The van der Waals surface area contributed by atoms with Crippen LogP contribution in [0.15, 0.2) is 48.5 Å². The zero-order valence-corrected chi connectivity index (χ0v) is 14.3. The van der Waals surface area contributed by atoms with Crippen LogP contribution in [0.3, 0.4) is 0 Å². The van der Waals surface area contributed by atoms with Gasteiger partial charge in [-0.3, -0.25) is 9.80 Å². The molecule has 4 heteroatoms. The molecular weight excluding hydrogens is 303 g/mol. The van der Waals surface area contributed by atoms with Crippen LogP contribution in [-0.2, 0) is 13.1 Å². The SMILES string of the molecule is C[C@@H]1CN(Cc2cccc(O)c2)[C@@H](C)CN1Cc1ccccc1F. The van der Waals surface area contributed by atoms with Gasteiger partial charge < -0.3 is 5.11 Å². The minimum atomic E-state index is -0.125. The van der Waals surface area contributed by atoms with E-state index in [2.05, 4.69) is 23.6 Å². The van der Waals surface area contributed by atoms with Crippen LogP contribution >= 0.6 is 0 Å². The molecule has 2 atom stereocenters. The van der Waals surface area contributed by atoms with Crippen molar-refractivity contribution >= 4 is 0 Å². The summed E-state index contributed by atoms with van der Waals surface area (Å²) in [6.07, 6.45) is 0. The molecule has 1 aliphatic heterocycles. The molecule has 3 rings (SSSR count).